The average molecular weight is 418 g/mol. The highest BCUT2D eigenvalue weighted by atomic mass is 19.1. The molecule has 4 rings (SSSR count). The zero-order chi connectivity index (χ0) is 21.6. The van der Waals surface area contributed by atoms with Crippen LogP contribution in [0.1, 0.15) is 46.1 Å². The van der Waals surface area contributed by atoms with Crippen molar-refractivity contribution in [2.24, 2.45) is 5.92 Å². The molecule has 5 heteroatoms. The first-order valence-electron chi connectivity index (χ1n) is 10.8. The number of amides is 1. The quantitative estimate of drug-likeness (QED) is 0.620. The van der Waals surface area contributed by atoms with Gasteiger partial charge in [0.15, 0.2) is 0 Å². The molecule has 0 spiro atoms. The van der Waals surface area contributed by atoms with E-state index in [4.69, 9.17) is 0 Å². The molecule has 0 saturated carbocycles. The maximum Gasteiger partial charge on any atom is 0.252 e. The van der Waals surface area contributed by atoms with E-state index in [1.165, 1.54) is 6.07 Å². The van der Waals surface area contributed by atoms with Gasteiger partial charge in [0.05, 0.1) is 11.7 Å². The number of piperidine rings is 1. The topological polar surface area (TPSA) is 45.2 Å². The number of aromatic nitrogens is 1. The van der Waals surface area contributed by atoms with E-state index >= 15 is 0 Å². The van der Waals surface area contributed by atoms with Gasteiger partial charge in [-0.05, 0) is 80.2 Å². The first-order chi connectivity index (χ1) is 15.1. The van der Waals surface area contributed by atoms with Gasteiger partial charge in [-0.2, -0.15) is 0 Å². The Morgan fingerprint density at radius 2 is 1.87 bits per heavy atom. The molecule has 4 nitrogen and oxygen atoms in total. The molecule has 2 aromatic carbocycles. The van der Waals surface area contributed by atoms with E-state index in [1.807, 2.05) is 55.5 Å². The van der Waals surface area contributed by atoms with Crippen LogP contribution in [0.15, 0.2) is 72.9 Å². The Labute approximate surface area is 183 Å². The largest absolute Gasteiger partial charge is 0.343 e. The summed E-state index contributed by atoms with van der Waals surface area (Å²) in [6.07, 6.45) is 3.68. The summed E-state index contributed by atoms with van der Waals surface area (Å²) in [7, 11) is 0. The van der Waals surface area contributed by atoms with Crippen LogP contribution in [-0.2, 0) is 6.54 Å². The van der Waals surface area contributed by atoms with Gasteiger partial charge in [-0.1, -0.05) is 36.4 Å². The van der Waals surface area contributed by atoms with E-state index in [-0.39, 0.29) is 17.8 Å². The van der Waals surface area contributed by atoms with Crippen molar-refractivity contribution in [3.63, 3.8) is 0 Å². The highest BCUT2D eigenvalue weighted by molar-refractivity contribution is 5.95. The van der Waals surface area contributed by atoms with Crippen molar-refractivity contribution >= 4 is 5.91 Å². The summed E-state index contributed by atoms with van der Waals surface area (Å²) < 4.78 is 13.5. The SMILES string of the molecule is Cc1ccccc1C(=O)N[C@H](c1ccccn1)C1CCN(Cc2cccc(F)c2)CC1. The van der Waals surface area contributed by atoms with E-state index in [9.17, 15) is 9.18 Å². The van der Waals surface area contributed by atoms with Crippen molar-refractivity contribution in [3.05, 3.63) is 101 Å². The molecule has 1 amide bonds. The second-order valence-electron chi connectivity index (χ2n) is 8.26. The Hall–Kier alpha value is -3.05. The van der Waals surface area contributed by atoms with Crippen molar-refractivity contribution in [2.45, 2.75) is 32.4 Å². The smallest absolute Gasteiger partial charge is 0.252 e. The van der Waals surface area contributed by atoms with Crippen molar-refractivity contribution < 1.29 is 9.18 Å². The number of benzene rings is 2. The van der Waals surface area contributed by atoms with E-state index in [2.05, 4.69) is 15.2 Å². The van der Waals surface area contributed by atoms with Crippen LogP contribution in [0.2, 0.25) is 0 Å². The van der Waals surface area contributed by atoms with E-state index < -0.39 is 0 Å². The second-order valence-corrected chi connectivity index (χ2v) is 8.26. The fourth-order valence-electron chi connectivity index (χ4n) is 4.38. The summed E-state index contributed by atoms with van der Waals surface area (Å²) in [6, 6.07) is 20.2. The molecule has 1 aromatic heterocycles. The molecule has 3 aromatic rings. The van der Waals surface area contributed by atoms with Gasteiger partial charge < -0.3 is 5.32 Å². The molecule has 1 saturated heterocycles. The van der Waals surface area contributed by atoms with Crippen molar-refractivity contribution in [1.29, 1.82) is 0 Å². The molecule has 160 valence electrons. The fraction of sp³-hybridized carbons (Fsp3) is 0.308. The number of nitrogens with one attached hydrogen (secondary N) is 1. The number of likely N-dealkylation sites (tertiary alicyclic amines) is 1. The lowest BCUT2D eigenvalue weighted by atomic mass is 9.86. The summed E-state index contributed by atoms with van der Waals surface area (Å²) >= 11 is 0. The predicted octanol–water partition coefficient (Wildman–Crippen LogP) is 4.91. The highest BCUT2D eigenvalue weighted by Gasteiger charge is 2.30. The Morgan fingerprint density at radius 3 is 2.58 bits per heavy atom. The van der Waals surface area contributed by atoms with Gasteiger partial charge in [0.2, 0.25) is 0 Å². The predicted molar refractivity (Wildman–Crippen MR) is 120 cm³/mol. The third-order valence-electron chi connectivity index (χ3n) is 6.08. The third kappa shape index (κ3) is 5.36. The molecule has 31 heavy (non-hydrogen) atoms. The van der Waals surface area contributed by atoms with E-state index in [0.29, 0.717) is 11.5 Å². The number of hydrogen-bond donors (Lipinski definition) is 1. The normalized spacial score (nSPS) is 16.1. The Bertz CT molecular complexity index is 1020. The Morgan fingerprint density at radius 1 is 1.10 bits per heavy atom. The number of aryl methyl sites for hydroxylation is 1. The minimum Gasteiger partial charge on any atom is -0.343 e. The van der Waals surface area contributed by atoms with Crippen molar-refractivity contribution in [3.8, 4) is 0 Å². The van der Waals surface area contributed by atoms with Gasteiger partial charge >= 0.3 is 0 Å². The van der Waals surface area contributed by atoms with Crippen molar-refractivity contribution in [1.82, 2.24) is 15.2 Å². The monoisotopic (exact) mass is 417 g/mol. The molecular weight excluding hydrogens is 389 g/mol. The van der Waals surface area contributed by atoms with Gasteiger partial charge in [0.25, 0.3) is 5.91 Å². The molecule has 0 aliphatic carbocycles. The molecule has 0 radical (unpaired) electrons. The van der Waals surface area contributed by atoms with Crippen LogP contribution in [-0.4, -0.2) is 28.9 Å². The van der Waals surface area contributed by atoms with Crippen LogP contribution in [0.25, 0.3) is 0 Å². The number of carbonyl (C=O) groups excluding carboxylic acids is 1. The second kappa shape index (κ2) is 9.84. The molecule has 0 bridgehead atoms. The number of carbonyl (C=O) groups is 1. The number of hydrogen-bond acceptors (Lipinski definition) is 3. The van der Waals surface area contributed by atoms with Gasteiger partial charge in [-0.25, -0.2) is 4.39 Å². The summed E-state index contributed by atoms with van der Waals surface area (Å²) in [4.78, 5) is 19.9. The van der Waals surface area contributed by atoms with Crippen LogP contribution >= 0.6 is 0 Å². The van der Waals surface area contributed by atoms with Crippen LogP contribution in [0.3, 0.4) is 0 Å². The minimum absolute atomic E-state index is 0.0593. The lowest BCUT2D eigenvalue weighted by Gasteiger charge is -2.36. The molecule has 2 heterocycles. The molecule has 1 atom stereocenters. The van der Waals surface area contributed by atoms with Crippen LogP contribution in [0.5, 0.6) is 0 Å². The third-order valence-corrected chi connectivity index (χ3v) is 6.08. The molecular formula is C26H28FN3O. The van der Waals surface area contributed by atoms with E-state index in [0.717, 1.165) is 49.3 Å². The summed E-state index contributed by atoms with van der Waals surface area (Å²) in [5.74, 6) is 0.0455. The lowest BCUT2D eigenvalue weighted by Crippen LogP contribution is -2.41. The number of nitrogens with zero attached hydrogens (tertiary/aromatic N) is 2. The zero-order valence-corrected chi connectivity index (χ0v) is 17.8. The Balaban J connectivity index is 1.45. The first-order valence-corrected chi connectivity index (χ1v) is 10.8. The average Bonchev–Trinajstić information content (AvgIpc) is 2.79. The van der Waals surface area contributed by atoms with Gasteiger partial charge in [-0.3, -0.25) is 14.7 Å². The maximum absolute atomic E-state index is 13.5. The minimum atomic E-state index is -0.193. The lowest BCUT2D eigenvalue weighted by molar-refractivity contribution is 0.0887. The van der Waals surface area contributed by atoms with Crippen LogP contribution < -0.4 is 5.32 Å². The molecule has 1 fully saturated rings. The molecule has 1 N–H and O–H groups in total. The van der Waals surface area contributed by atoms with Gasteiger partial charge in [-0.15, -0.1) is 0 Å². The molecule has 0 unspecified atom stereocenters. The van der Waals surface area contributed by atoms with Crippen LogP contribution in [0.4, 0.5) is 4.39 Å². The zero-order valence-electron chi connectivity index (χ0n) is 17.8. The van der Waals surface area contributed by atoms with Gasteiger partial charge in [0, 0.05) is 18.3 Å². The summed E-state index contributed by atoms with van der Waals surface area (Å²) in [6.45, 7) is 4.51. The number of rotatable bonds is 6. The van der Waals surface area contributed by atoms with E-state index in [1.54, 1.807) is 18.3 Å². The highest BCUT2D eigenvalue weighted by Crippen LogP contribution is 2.31. The fourth-order valence-corrected chi connectivity index (χ4v) is 4.38. The van der Waals surface area contributed by atoms with Crippen molar-refractivity contribution in [2.75, 3.05) is 13.1 Å². The summed E-state index contributed by atoms with van der Waals surface area (Å²) in [5, 5.41) is 3.26. The summed E-state index contributed by atoms with van der Waals surface area (Å²) in [5.41, 5.74) is 3.55. The van der Waals surface area contributed by atoms with Crippen LogP contribution in [0, 0.1) is 18.7 Å². The standard InChI is InChI=1S/C26H28FN3O/c1-19-7-2-3-10-23(19)26(31)29-25(24-11-4-5-14-28-24)21-12-15-30(16-13-21)18-20-8-6-9-22(27)17-20/h2-11,14,17,21,25H,12-13,15-16,18H2,1H3,(H,29,31)/t25-/m0/s1. The number of pyridine rings is 1. The maximum atomic E-state index is 13.5. The molecule has 1 aliphatic rings. The van der Waals surface area contributed by atoms with Gasteiger partial charge in [0.1, 0.15) is 5.82 Å². The Kier molecular flexibility index (Phi) is 6.73. The molecule has 1 aliphatic heterocycles. The first kappa shape index (κ1) is 21.2. The number of halogens is 1.